The molecule has 1 atom stereocenters. The molecular weight excluding hydrogens is 240 g/mol. The van der Waals surface area contributed by atoms with E-state index in [2.05, 4.69) is 10.4 Å². The highest BCUT2D eigenvalue weighted by Crippen LogP contribution is 2.21. The third-order valence-corrected chi connectivity index (χ3v) is 2.54. The molecule has 2 aromatic rings. The van der Waals surface area contributed by atoms with Crippen LogP contribution in [0.25, 0.3) is 0 Å². The van der Waals surface area contributed by atoms with Crippen LogP contribution < -0.4 is 5.32 Å². The molecule has 0 aliphatic carbocycles. The van der Waals surface area contributed by atoms with Gasteiger partial charge in [-0.3, -0.25) is 4.68 Å². The fourth-order valence-corrected chi connectivity index (χ4v) is 1.66. The molecule has 6 heteroatoms. The minimum Gasteiger partial charge on any atom is -0.386 e. The topological polar surface area (TPSA) is 50.1 Å². The van der Waals surface area contributed by atoms with Crippen molar-refractivity contribution in [2.24, 2.45) is 7.05 Å². The van der Waals surface area contributed by atoms with E-state index in [-0.39, 0.29) is 12.1 Å². The first kappa shape index (κ1) is 12.5. The van der Waals surface area contributed by atoms with Gasteiger partial charge in [-0.05, 0) is 12.1 Å². The Hall–Kier alpha value is -1.95. The van der Waals surface area contributed by atoms with Crippen molar-refractivity contribution < 1.29 is 13.9 Å². The number of hydrogen-bond acceptors (Lipinski definition) is 3. The van der Waals surface area contributed by atoms with E-state index >= 15 is 0 Å². The molecule has 2 rings (SSSR count). The molecule has 0 bridgehead atoms. The number of aromatic nitrogens is 2. The minimum absolute atomic E-state index is 0.00352. The van der Waals surface area contributed by atoms with Crippen LogP contribution in [0.4, 0.5) is 14.5 Å². The highest BCUT2D eigenvalue weighted by molar-refractivity contribution is 5.38. The van der Waals surface area contributed by atoms with Crippen LogP contribution in [0.5, 0.6) is 0 Å². The van der Waals surface area contributed by atoms with E-state index in [0.717, 1.165) is 12.1 Å². The van der Waals surface area contributed by atoms with Crippen LogP contribution in [0, 0.1) is 11.6 Å². The summed E-state index contributed by atoms with van der Waals surface area (Å²) in [6, 6.07) is 3.49. The van der Waals surface area contributed by atoms with Crippen LogP contribution in [-0.4, -0.2) is 21.4 Å². The lowest BCUT2D eigenvalue weighted by atomic mass is 10.1. The normalized spacial score (nSPS) is 12.4. The molecule has 96 valence electrons. The highest BCUT2D eigenvalue weighted by Gasteiger charge is 2.17. The zero-order valence-electron chi connectivity index (χ0n) is 9.77. The number of nitrogens with zero attached hydrogens (tertiary/aromatic N) is 2. The van der Waals surface area contributed by atoms with E-state index < -0.39 is 17.7 Å². The van der Waals surface area contributed by atoms with Crippen molar-refractivity contribution in [2.45, 2.75) is 6.10 Å². The summed E-state index contributed by atoms with van der Waals surface area (Å²) in [5.74, 6) is -1.51. The Morgan fingerprint density at radius 1 is 1.39 bits per heavy atom. The quantitative estimate of drug-likeness (QED) is 0.874. The van der Waals surface area contributed by atoms with Crippen LogP contribution in [0.1, 0.15) is 11.7 Å². The van der Waals surface area contributed by atoms with Gasteiger partial charge < -0.3 is 10.4 Å². The number of benzene rings is 1. The fourth-order valence-electron chi connectivity index (χ4n) is 1.66. The lowest BCUT2D eigenvalue weighted by molar-refractivity contribution is 0.181. The fraction of sp³-hybridized carbons (Fsp3) is 0.250. The van der Waals surface area contributed by atoms with Gasteiger partial charge in [-0.15, -0.1) is 0 Å². The van der Waals surface area contributed by atoms with Gasteiger partial charge in [0.25, 0.3) is 0 Å². The number of aryl methyl sites for hydroxylation is 1. The van der Waals surface area contributed by atoms with Crippen molar-refractivity contribution in [1.82, 2.24) is 9.78 Å². The Labute approximate surface area is 103 Å². The summed E-state index contributed by atoms with van der Waals surface area (Å²) in [7, 11) is 1.75. The van der Waals surface area contributed by atoms with Crippen molar-refractivity contribution >= 4 is 5.69 Å². The molecule has 0 spiro atoms. The number of aliphatic hydroxyl groups excluding tert-OH is 1. The van der Waals surface area contributed by atoms with E-state index in [4.69, 9.17) is 0 Å². The van der Waals surface area contributed by atoms with Crippen molar-refractivity contribution in [2.75, 3.05) is 11.9 Å². The second-order valence-corrected chi connectivity index (χ2v) is 3.93. The van der Waals surface area contributed by atoms with E-state index in [1.807, 2.05) is 0 Å². The smallest absolute Gasteiger partial charge is 0.132 e. The molecule has 4 nitrogen and oxygen atoms in total. The van der Waals surface area contributed by atoms with Crippen LogP contribution in [0.15, 0.2) is 30.6 Å². The monoisotopic (exact) mass is 253 g/mol. The number of hydrogen-bond donors (Lipinski definition) is 2. The summed E-state index contributed by atoms with van der Waals surface area (Å²) in [5.41, 5.74) is 0.349. The molecule has 0 aliphatic rings. The molecule has 1 aromatic carbocycles. The third kappa shape index (κ3) is 2.65. The molecular formula is C12H13F2N3O. The molecule has 2 N–H and O–H groups in total. The predicted octanol–water partition coefficient (Wildman–Crippen LogP) is 1.84. The Balaban J connectivity index is 2.06. The lowest BCUT2D eigenvalue weighted by Crippen LogP contribution is -2.14. The Morgan fingerprint density at radius 3 is 2.61 bits per heavy atom. The van der Waals surface area contributed by atoms with Gasteiger partial charge in [0.1, 0.15) is 17.7 Å². The summed E-state index contributed by atoms with van der Waals surface area (Å²) in [5, 5.41) is 16.6. The van der Waals surface area contributed by atoms with Crippen LogP contribution in [0.3, 0.4) is 0 Å². The molecule has 18 heavy (non-hydrogen) atoms. The van der Waals surface area contributed by atoms with Crippen molar-refractivity contribution in [3.63, 3.8) is 0 Å². The van der Waals surface area contributed by atoms with Crippen molar-refractivity contribution in [3.8, 4) is 0 Å². The van der Waals surface area contributed by atoms with Crippen LogP contribution >= 0.6 is 0 Å². The second kappa shape index (κ2) is 5.14. The molecule has 1 aromatic heterocycles. The maximum Gasteiger partial charge on any atom is 0.132 e. The minimum atomic E-state index is -1.26. The second-order valence-electron chi connectivity index (χ2n) is 3.93. The lowest BCUT2D eigenvalue weighted by Gasteiger charge is -2.13. The number of halogens is 2. The number of nitrogens with one attached hydrogen (secondary N) is 1. The van der Waals surface area contributed by atoms with Crippen LogP contribution in [0.2, 0.25) is 0 Å². The van der Waals surface area contributed by atoms with E-state index in [1.165, 1.54) is 6.07 Å². The number of anilines is 1. The van der Waals surface area contributed by atoms with Gasteiger partial charge in [0.2, 0.25) is 0 Å². The summed E-state index contributed by atoms with van der Waals surface area (Å²) in [6.07, 6.45) is 2.00. The Bertz CT molecular complexity index is 522. The highest BCUT2D eigenvalue weighted by atomic mass is 19.1. The van der Waals surface area contributed by atoms with Crippen molar-refractivity contribution in [1.29, 1.82) is 0 Å². The Morgan fingerprint density at radius 2 is 2.06 bits per heavy atom. The first-order valence-corrected chi connectivity index (χ1v) is 5.42. The molecule has 0 aliphatic heterocycles. The average Bonchev–Trinajstić information content (AvgIpc) is 2.72. The van der Waals surface area contributed by atoms with E-state index in [9.17, 15) is 13.9 Å². The van der Waals surface area contributed by atoms with E-state index in [0.29, 0.717) is 5.69 Å². The maximum atomic E-state index is 13.4. The molecule has 0 fully saturated rings. The van der Waals surface area contributed by atoms with E-state index in [1.54, 1.807) is 24.1 Å². The molecule has 1 heterocycles. The van der Waals surface area contributed by atoms with Crippen LogP contribution in [-0.2, 0) is 7.05 Å². The summed E-state index contributed by atoms with van der Waals surface area (Å²) in [6.45, 7) is 0.00352. The molecule has 0 radical (unpaired) electrons. The van der Waals surface area contributed by atoms with Gasteiger partial charge in [0.05, 0.1) is 17.4 Å². The number of aliphatic hydroxyl groups is 1. The molecule has 0 amide bonds. The predicted molar refractivity (Wildman–Crippen MR) is 63.0 cm³/mol. The summed E-state index contributed by atoms with van der Waals surface area (Å²) in [4.78, 5) is 0. The zero-order chi connectivity index (χ0) is 13.1. The van der Waals surface area contributed by atoms with Crippen molar-refractivity contribution in [3.05, 3.63) is 47.8 Å². The van der Waals surface area contributed by atoms with Gasteiger partial charge >= 0.3 is 0 Å². The third-order valence-electron chi connectivity index (χ3n) is 2.54. The average molecular weight is 253 g/mol. The molecule has 0 saturated carbocycles. The summed E-state index contributed by atoms with van der Waals surface area (Å²) >= 11 is 0. The number of rotatable bonds is 4. The first-order valence-electron chi connectivity index (χ1n) is 5.42. The largest absolute Gasteiger partial charge is 0.386 e. The molecule has 1 unspecified atom stereocenters. The SMILES string of the molecule is Cn1cc(NCC(O)c2c(F)cccc2F)cn1. The van der Waals surface area contributed by atoms with Gasteiger partial charge in [0.15, 0.2) is 0 Å². The zero-order valence-corrected chi connectivity index (χ0v) is 9.77. The van der Waals surface area contributed by atoms with Gasteiger partial charge in [-0.25, -0.2) is 8.78 Å². The van der Waals surface area contributed by atoms with Gasteiger partial charge in [0, 0.05) is 19.8 Å². The first-order chi connectivity index (χ1) is 8.58. The van der Waals surface area contributed by atoms with Gasteiger partial charge in [-0.1, -0.05) is 6.07 Å². The summed E-state index contributed by atoms with van der Waals surface area (Å²) < 4.78 is 28.4. The maximum absolute atomic E-state index is 13.4. The molecule has 0 saturated heterocycles. The Kier molecular flexibility index (Phi) is 3.57. The standard InChI is InChI=1S/C12H13F2N3O/c1-17-7-8(5-16-17)15-6-11(18)12-9(13)3-2-4-10(12)14/h2-5,7,11,15,18H,6H2,1H3. The van der Waals surface area contributed by atoms with Gasteiger partial charge in [-0.2, -0.15) is 5.10 Å².